The second-order valence-electron chi connectivity index (χ2n) is 9.04. The average molecular weight is 298 g/mol. The predicted molar refractivity (Wildman–Crippen MR) is 90.0 cm³/mol. The van der Waals surface area contributed by atoms with Crippen molar-refractivity contribution in [3.8, 4) is 12.3 Å². The highest BCUT2D eigenvalue weighted by Gasteiger charge is 2.58. The lowest BCUT2D eigenvalue weighted by molar-refractivity contribution is -0.117. The van der Waals surface area contributed by atoms with Gasteiger partial charge >= 0.3 is 0 Å². The molecule has 0 spiro atoms. The third-order valence-corrected chi connectivity index (χ3v) is 8.37. The van der Waals surface area contributed by atoms with Crippen LogP contribution in [0.2, 0.25) is 0 Å². The highest BCUT2D eigenvalue weighted by atomic mass is 16.3. The van der Waals surface area contributed by atoms with Gasteiger partial charge in [0, 0.05) is 11.0 Å². The quantitative estimate of drug-likeness (QED) is 0.650. The third kappa shape index (κ3) is 1.83. The lowest BCUT2D eigenvalue weighted by Gasteiger charge is -2.60. The van der Waals surface area contributed by atoms with Gasteiger partial charge in [-0.25, -0.2) is 0 Å². The van der Waals surface area contributed by atoms with Crippen molar-refractivity contribution in [1.29, 1.82) is 0 Å². The van der Waals surface area contributed by atoms with Gasteiger partial charge in [-0.2, -0.15) is 0 Å². The number of aliphatic hydroxyl groups is 1. The molecule has 4 aliphatic carbocycles. The van der Waals surface area contributed by atoms with Crippen LogP contribution in [0.5, 0.6) is 0 Å². The Morgan fingerprint density at radius 3 is 2.73 bits per heavy atom. The van der Waals surface area contributed by atoms with E-state index in [2.05, 4.69) is 25.8 Å². The molecule has 0 amide bonds. The molecule has 7 atom stereocenters. The maximum absolute atomic E-state index is 10.1. The van der Waals surface area contributed by atoms with Crippen molar-refractivity contribution in [1.82, 2.24) is 0 Å². The molecule has 4 unspecified atom stereocenters. The molecule has 3 fully saturated rings. The fourth-order valence-corrected chi connectivity index (χ4v) is 7.03. The molecule has 1 nitrogen and oxygen atoms in total. The zero-order valence-corrected chi connectivity index (χ0v) is 14.1. The van der Waals surface area contributed by atoms with Crippen LogP contribution in [-0.2, 0) is 0 Å². The molecule has 0 aromatic rings. The zero-order valence-electron chi connectivity index (χ0n) is 14.1. The van der Waals surface area contributed by atoms with E-state index in [1.54, 1.807) is 0 Å². The van der Waals surface area contributed by atoms with Crippen molar-refractivity contribution in [2.24, 2.45) is 34.5 Å². The minimum Gasteiger partial charge on any atom is -0.393 e. The normalized spacial score (nSPS) is 53.7. The molecule has 4 aliphatic rings. The largest absolute Gasteiger partial charge is 0.393 e. The molecule has 0 bridgehead atoms. The van der Waals surface area contributed by atoms with E-state index in [9.17, 15) is 5.11 Å². The van der Waals surface area contributed by atoms with Crippen LogP contribution in [0.15, 0.2) is 11.6 Å². The molecule has 3 saturated carbocycles. The fourth-order valence-electron chi connectivity index (χ4n) is 7.03. The van der Waals surface area contributed by atoms with Gasteiger partial charge in [0.15, 0.2) is 0 Å². The molecule has 0 heterocycles. The van der Waals surface area contributed by atoms with Gasteiger partial charge in [-0.15, -0.1) is 6.42 Å². The highest BCUT2D eigenvalue weighted by Crippen LogP contribution is 2.66. The van der Waals surface area contributed by atoms with Gasteiger partial charge in [-0.3, -0.25) is 0 Å². The number of rotatable bonds is 0. The topological polar surface area (TPSA) is 20.2 Å². The van der Waals surface area contributed by atoms with Crippen LogP contribution >= 0.6 is 0 Å². The molecule has 1 N–H and O–H groups in total. The summed E-state index contributed by atoms with van der Waals surface area (Å²) in [7, 11) is 0. The summed E-state index contributed by atoms with van der Waals surface area (Å²) in [5.74, 6) is 6.25. The highest BCUT2D eigenvalue weighted by molar-refractivity contribution is 5.38. The minimum atomic E-state index is -0.0373. The Labute approximate surface area is 135 Å². The van der Waals surface area contributed by atoms with Gasteiger partial charge in [0.25, 0.3) is 0 Å². The van der Waals surface area contributed by atoms with Gasteiger partial charge in [0.05, 0.1) is 6.10 Å². The molecule has 1 heteroatoms. The van der Waals surface area contributed by atoms with Crippen molar-refractivity contribution in [2.75, 3.05) is 0 Å². The van der Waals surface area contributed by atoms with E-state index in [-0.39, 0.29) is 11.5 Å². The molecule has 0 radical (unpaired) electrons. The molecule has 0 saturated heterocycles. The van der Waals surface area contributed by atoms with Crippen molar-refractivity contribution in [3.63, 3.8) is 0 Å². The first-order valence-corrected chi connectivity index (χ1v) is 9.34. The van der Waals surface area contributed by atoms with Gasteiger partial charge in [-0.05, 0) is 80.5 Å². The first kappa shape index (κ1) is 14.8. The number of fused-ring (bicyclic) bond motifs is 5. The number of hydrogen-bond donors (Lipinski definition) is 1. The van der Waals surface area contributed by atoms with E-state index in [1.807, 2.05) is 0 Å². The summed E-state index contributed by atoms with van der Waals surface area (Å²) in [6.45, 7) is 4.99. The molecule has 0 aliphatic heterocycles. The second kappa shape index (κ2) is 4.88. The fraction of sp³-hybridized carbons (Fsp3) is 0.810. The third-order valence-electron chi connectivity index (χ3n) is 8.37. The minimum absolute atomic E-state index is 0.0373. The van der Waals surface area contributed by atoms with Gasteiger partial charge in [0.2, 0.25) is 0 Å². The van der Waals surface area contributed by atoms with Crippen LogP contribution < -0.4 is 0 Å². The molecular weight excluding hydrogens is 268 g/mol. The van der Waals surface area contributed by atoms with Gasteiger partial charge < -0.3 is 5.11 Å². The summed E-state index contributed by atoms with van der Waals surface area (Å²) in [6.07, 6.45) is 18.0. The molecule has 22 heavy (non-hydrogen) atoms. The predicted octanol–water partition coefficient (Wildman–Crippen LogP) is 4.56. The summed E-state index contributed by atoms with van der Waals surface area (Å²) >= 11 is 0. The van der Waals surface area contributed by atoms with Crippen LogP contribution in [0.3, 0.4) is 0 Å². The van der Waals surface area contributed by atoms with Crippen LogP contribution in [0, 0.1) is 46.8 Å². The number of allylic oxidation sites excluding steroid dienone is 2. The summed E-state index contributed by atoms with van der Waals surface area (Å²) in [4.78, 5) is 0. The summed E-state index contributed by atoms with van der Waals surface area (Å²) in [6, 6.07) is 0. The van der Waals surface area contributed by atoms with E-state index in [0.29, 0.717) is 5.41 Å². The lowest BCUT2D eigenvalue weighted by atomic mass is 9.45. The van der Waals surface area contributed by atoms with Crippen LogP contribution in [0.25, 0.3) is 0 Å². The maximum Gasteiger partial charge on any atom is 0.0543 e. The Morgan fingerprint density at radius 2 is 1.95 bits per heavy atom. The summed E-state index contributed by atoms with van der Waals surface area (Å²) in [5.41, 5.74) is 2.05. The number of hydrogen-bond acceptors (Lipinski definition) is 1. The summed E-state index contributed by atoms with van der Waals surface area (Å²) < 4.78 is 0. The van der Waals surface area contributed by atoms with Gasteiger partial charge in [0.1, 0.15) is 0 Å². The zero-order chi connectivity index (χ0) is 15.5. The smallest absolute Gasteiger partial charge is 0.0543 e. The first-order chi connectivity index (χ1) is 10.5. The van der Waals surface area contributed by atoms with Crippen molar-refractivity contribution >= 4 is 0 Å². The van der Waals surface area contributed by atoms with E-state index in [0.717, 1.165) is 36.5 Å². The van der Waals surface area contributed by atoms with E-state index in [1.165, 1.54) is 44.1 Å². The molecular formula is C21H30O. The molecule has 120 valence electrons. The Balaban J connectivity index is 1.63. The summed E-state index contributed by atoms with van der Waals surface area (Å²) in [5, 5.41) is 10.1. The monoisotopic (exact) mass is 298 g/mol. The SMILES string of the molecule is C#CC1=CCC2C3CC[C@@H]4CC(O)CC[C@]4(C)C3CC[C@]12C. The van der Waals surface area contributed by atoms with E-state index in [4.69, 9.17) is 6.42 Å². The molecule has 0 aromatic heterocycles. The van der Waals surface area contributed by atoms with Crippen LogP contribution in [0.4, 0.5) is 0 Å². The lowest BCUT2D eigenvalue weighted by Crippen LogP contribution is -2.53. The Morgan fingerprint density at radius 1 is 1.14 bits per heavy atom. The molecule has 4 rings (SSSR count). The number of aliphatic hydroxyl groups excluding tert-OH is 1. The van der Waals surface area contributed by atoms with Crippen molar-refractivity contribution < 1.29 is 5.11 Å². The first-order valence-electron chi connectivity index (χ1n) is 9.34. The Kier molecular flexibility index (Phi) is 3.29. The van der Waals surface area contributed by atoms with Crippen LogP contribution in [0.1, 0.15) is 65.2 Å². The molecule has 0 aromatic carbocycles. The van der Waals surface area contributed by atoms with E-state index >= 15 is 0 Å². The maximum atomic E-state index is 10.1. The van der Waals surface area contributed by atoms with E-state index < -0.39 is 0 Å². The second-order valence-corrected chi connectivity index (χ2v) is 9.04. The Bertz CT molecular complexity index is 541. The van der Waals surface area contributed by atoms with Crippen molar-refractivity contribution in [3.05, 3.63) is 11.6 Å². The van der Waals surface area contributed by atoms with Gasteiger partial charge in [-0.1, -0.05) is 25.8 Å². The van der Waals surface area contributed by atoms with Crippen LogP contribution in [-0.4, -0.2) is 11.2 Å². The van der Waals surface area contributed by atoms with Crippen molar-refractivity contribution in [2.45, 2.75) is 71.3 Å². The Hall–Kier alpha value is -0.740. The standard InChI is InChI=1S/C21H30O/c1-4-14-6-8-18-17-7-5-15-13-16(22)9-11-21(15,3)19(17)10-12-20(14,18)2/h1,6,15-19,22H,5,7-13H2,2-3H3/t15-,16?,17?,18?,19?,20-,21+/m1/s1. The average Bonchev–Trinajstić information content (AvgIpc) is 2.84. The number of terminal acetylenes is 1.